The predicted octanol–water partition coefficient (Wildman–Crippen LogP) is 6.67. The van der Waals surface area contributed by atoms with E-state index in [4.69, 9.17) is 5.11 Å². The molecule has 0 N–H and O–H groups in total. The van der Waals surface area contributed by atoms with Gasteiger partial charge in [-0.15, -0.1) is 0 Å². The summed E-state index contributed by atoms with van der Waals surface area (Å²) in [5, 5.41) is 20.3. The number of nitro groups is 1. The minimum absolute atomic E-state index is 0.0226. The number of nitrogens with zero attached hydrogens (tertiary/aromatic N) is 3. The van der Waals surface area contributed by atoms with Crippen LogP contribution in [0.4, 0.5) is 11.4 Å². The van der Waals surface area contributed by atoms with Gasteiger partial charge in [-0.25, -0.2) is 0 Å². The Bertz CT molecular complexity index is 1050. The van der Waals surface area contributed by atoms with E-state index in [1.807, 2.05) is 91.0 Å². The highest BCUT2D eigenvalue weighted by Crippen LogP contribution is 2.41. The molecule has 0 spiro atoms. The molecule has 0 heterocycles. The van der Waals surface area contributed by atoms with Crippen molar-refractivity contribution in [2.75, 3.05) is 0 Å². The van der Waals surface area contributed by atoms with Crippen LogP contribution >= 0.6 is 0 Å². The summed E-state index contributed by atoms with van der Waals surface area (Å²) >= 11 is 0. The van der Waals surface area contributed by atoms with E-state index in [0.717, 1.165) is 16.7 Å². The number of benzene rings is 4. The first-order valence-corrected chi connectivity index (χ1v) is 9.54. The molecule has 0 aliphatic carbocycles. The maximum atomic E-state index is 10.9. The second-order valence-electron chi connectivity index (χ2n) is 6.78. The summed E-state index contributed by atoms with van der Waals surface area (Å²) in [4.78, 5) is 10.5. The van der Waals surface area contributed by atoms with Crippen LogP contribution < -0.4 is 0 Å². The van der Waals surface area contributed by atoms with Gasteiger partial charge in [0.25, 0.3) is 5.69 Å². The molecule has 30 heavy (non-hydrogen) atoms. The van der Waals surface area contributed by atoms with Crippen molar-refractivity contribution < 1.29 is 4.92 Å². The molecule has 0 atom stereocenters. The van der Waals surface area contributed by atoms with Crippen molar-refractivity contribution in [1.82, 2.24) is 0 Å². The van der Waals surface area contributed by atoms with Gasteiger partial charge in [0.15, 0.2) is 5.54 Å². The number of non-ortho nitro benzene ring substituents is 1. The van der Waals surface area contributed by atoms with E-state index in [1.165, 1.54) is 12.1 Å². The Kier molecular flexibility index (Phi) is 5.44. The van der Waals surface area contributed by atoms with Crippen LogP contribution in [0.3, 0.4) is 0 Å². The van der Waals surface area contributed by atoms with Crippen molar-refractivity contribution in [1.29, 1.82) is 0 Å². The van der Waals surface area contributed by atoms with Crippen molar-refractivity contribution in [2.45, 2.75) is 5.54 Å². The van der Waals surface area contributed by atoms with Crippen LogP contribution in [0.1, 0.15) is 16.7 Å². The monoisotopic (exact) mass is 393 g/mol. The predicted molar refractivity (Wildman–Crippen MR) is 117 cm³/mol. The fraction of sp³-hybridized carbons (Fsp3) is 0.0400. The van der Waals surface area contributed by atoms with E-state index in [1.54, 1.807) is 12.1 Å². The number of azo groups is 1. The lowest BCUT2D eigenvalue weighted by molar-refractivity contribution is -0.384. The zero-order valence-electron chi connectivity index (χ0n) is 16.1. The van der Waals surface area contributed by atoms with Crippen LogP contribution in [0.2, 0.25) is 0 Å². The summed E-state index contributed by atoms with van der Waals surface area (Å²) < 4.78 is 0. The molecule has 0 saturated carbocycles. The molecule has 0 aromatic heterocycles. The molecular weight excluding hydrogens is 374 g/mol. The van der Waals surface area contributed by atoms with Gasteiger partial charge in [0.1, 0.15) is 0 Å². The minimum atomic E-state index is -0.856. The SMILES string of the molecule is O=[N+]([O-])c1ccc(/N=N/C(c2ccccc2)(c2ccccc2)c2ccccc2)cc1. The molecule has 0 unspecified atom stereocenters. The lowest BCUT2D eigenvalue weighted by atomic mass is 9.78. The highest BCUT2D eigenvalue weighted by Gasteiger charge is 2.36. The second kappa shape index (κ2) is 8.49. The van der Waals surface area contributed by atoms with Crippen molar-refractivity contribution in [2.24, 2.45) is 10.2 Å². The third-order valence-electron chi connectivity index (χ3n) is 4.95. The largest absolute Gasteiger partial charge is 0.269 e. The fourth-order valence-electron chi connectivity index (χ4n) is 3.49. The molecule has 4 aromatic carbocycles. The Labute approximate surface area is 174 Å². The average molecular weight is 393 g/mol. The number of hydrogen-bond donors (Lipinski definition) is 0. The van der Waals surface area contributed by atoms with Crippen LogP contribution in [0, 0.1) is 10.1 Å². The summed E-state index contributed by atoms with van der Waals surface area (Å²) in [5.74, 6) is 0. The molecule has 0 aliphatic heterocycles. The van der Waals surface area contributed by atoms with Gasteiger partial charge in [-0.3, -0.25) is 10.1 Å². The van der Waals surface area contributed by atoms with Gasteiger partial charge >= 0.3 is 0 Å². The maximum Gasteiger partial charge on any atom is 0.269 e. The molecule has 0 saturated heterocycles. The normalized spacial score (nSPS) is 11.5. The third kappa shape index (κ3) is 3.73. The molecular formula is C25H19N3O2. The Morgan fingerprint density at radius 2 is 1.00 bits per heavy atom. The van der Waals surface area contributed by atoms with Crippen LogP contribution in [0.5, 0.6) is 0 Å². The van der Waals surface area contributed by atoms with Gasteiger partial charge in [0, 0.05) is 12.1 Å². The lowest BCUT2D eigenvalue weighted by Crippen LogP contribution is -2.26. The van der Waals surface area contributed by atoms with Gasteiger partial charge in [-0.1, -0.05) is 91.0 Å². The number of rotatable bonds is 6. The van der Waals surface area contributed by atoms with Crippen molar-refractivity contribution in [3.8, 4) is 0 Å². The summed E-state index contributed by atoms with van der Waals surface area (Å²) in [6.45, 7) is 0. The fourth-order valence-corrected chi connectivity index (χ4v) is 3.49. The molecule has 0 amide bonds. The summed E-state index contributed by atoms with van der Waals surface area (Å²) in [6.07, 6.45) is 0. The van der Waals surface area contributed by atoms with Crippen molar-refractivity contribution in [3.05, 3.63) is 142 Å². The summed E-state index contributed by atoms with van der Waals surface area (Å²) in [7, 11) is 0. The second-order valence-corrected chi connectivity index (χ2v) is 6.78. The topological polar surface area (TPSA) is 67.9 Å². The van der Waals surface area contributed by atoms with E-state index < -0.39 is 10.5 Å². The molecule has 4 rings (SSSR count). The zero-order valence-corrected chi connectivity index (χ0v) is 16.1. The molecule has 0 bridgehead atoms. The number of hydrogen-bond acceptors (Lipinski definition) is 4. The highest BCUT2D eigenvalue weighted by atomic mass is 16.6. The number of nitro benzene ring substituents is 1. The molecule has 146 valence electrons. The standard InChI is InChI=1S/C25H19N3O2/c29-28(30)24-18-16-23(17-19-24)26-27-25(20-10-4-1-5-11-20,21-12-6-2-7-13-21)22-14-8-3-9-15-22/h1-19H/b27-26+. The van der Waals surface area contributed by atoms with Crippen molar-refractivity contribution >= 4 is 11.4 Å². The maximum absolute atomic E-state index is 10.9. The highest BCUT2D eigenvalue weighted by molar-refractivity contribution is 5.50. The van der Waals surface area contributed by atoms with Crippen LogP contribution in [-0.4, -0.2) is 4.92 Å². The molecule has 0 radical (unpaired) electrons. The van der Waals surface area contributed by atoms with Gasteiger partial charge in [-0.2, -0.15) is 10.2 Å². The van der Waals surface area contributed by atoms with Gasteiger partial charge in [-0.05, 0) is 28.8 Å². The average Bonchev–Trinajstić information content (AvgIpc) is 2.82. The first kappa shape index (κ1) is 19.2. The zero-order chi connectivity index (χ0) is 20.8. The van der Waals surface area contributed by atoms with E-state index in [0.29, 0.717) is 5.69 Å². The van der Waals surface area contributed by atoms with E-state index in [9.17, 15) is 10.1 Å². The van der Waals surface area contributed by atoms with E-state index >= 15 is 0 Å². The van der Waals surface area contributed by atoms with Crippen LogP contribution in [0.25, 0.3) is 0 Å². The first-order chi connectivity index (χ1) is 14.7. The Balaban J connectivity index is 1.92. The minimum Gasteiger partial charge on any atom is -0.258 e. The van der Waals surface area contributed by atoms with Gasteiger partial charge in [0.05, 0.1) is 10.6 Å². The molecule has 5 nitrogen and oxygen atoms in total. The lowest BCUT2D eigenvalue weighted by Gasteiger charge is -2.30. The molecule has 4 aromatic rings. The van der Waals surface area contributed by atoms with Gasteiger partial charge < -0.3 is 0 Å². The van der Waals surface area contributed by atoms with E-state index in [-0.39, 0.29) is 5.69 Å². The summed E-state index contributed by atoms with van der Waals surface area (Å²) in [6, 6.07) is 36.1. The van der Waals surface area contributed by atoms with E-state index in [2.05, 4.69) is 5.11 Å². The smallest absolute Gasteiger partial charge is 0.258 e. The Morgan fingerprint density at radius 3 is 1.37 bits per heavy atom. The van der Waals surface area contributed by atoms with Gasteiger partial charge in [0.2, 0.25) is 0 Å². The first-order valence-electron chi connectivity index (χ1n) is 9.54. The Morgan fingerprint density at radius 1 is 0.600 bits per heavy atom. The van der Waals surface area contributed by atoms with Crippen LogP contribution in [0.15, 0.2) is 125 Å². The van der Waals surface area contributed by atoms with Crippen LogP contribution in [-0.2, 0) is 5.54 Å². The third-order valence-corrected chi connectivity index (χ3v) is 4.95. The molecule has 0 aliphatic rings. The Hall–Kier alpha value is -4.12. The quantitative estimate of drug-likeness (QED) is 0.159. The summed E-state index contributed by atoms with van der Waals surface area (Å²) in [5.41, 5.74) is 2.65. The molecule has 0 fully saturated rings. The van der Waals surface area contributed by atoms with Crippen molar-refractivity contribution in [3.63, 3.8) is 0 Å². The molecule has 5 heteroatoms.